The zero-order chi connectivity index (χ0) is 25.4. The van der Waals surface area contributed by atoms with E-state index in [0.717, 1.165) is 0 Å². The average Bonchev–Trinajstić information content (AvgIpc) is 2.64. The Morgan fingerprint density at radius 2 is 1.41 bits per heavy atom. The summed E-state index contributed by atoms with van der Waals surface area (Å²) in [4.78, 5) is 26.3. The molecule has 0 amide bonds. The second-order valence-corrected chi connectivity index (χ2v) is 12.3. The molecule has 0 saturated carbocycles. The van der Waals surface area contributed by atoms with Gasteiger partial charge in [-0.2, -0.15) is 5.10 Å². The molecule has 32 heavy (non-hydrogen) atoms. The highest BCUT2D eigenvalue weighted by Crippen LogP contribution is 2.29. The molecule has 0 radical (unpaired) electrons. The molecule has 0 aliphatic carbocycles. The Labute approximate surface area is 222 Å². The largest absolute Gasteiger partial charge is 0.327 e. The van der Waals surface area contributed by atoms with Gasteiger partial charge < -0.3 is 3.17 Å². The molecule has 0 aliphatic rings. The third kappa shape index (κ3) is 12.2. The molecule has 8 nitrogen and oxygen atoms in total. The van der Waals surface area contributed by atoms with E-state index in [0.29, 0.717) is 12.8 Å². The number of carbonyl (C=O) groups is 2. The van der Waals surface area contributed by atoms with Crippen LogP contribution in [0.25, 0.3) is 0 Å². The number of nitrogens with zero attached hydrogens (tertiary/aromatic N) is 2. The normalized spacial score (nSPS) is 15.8. The Morgan fingerprint density at radius 1 is 0.875 bits per heavy atom. The lowest BCUT2D eigenvalue weighted by Crippen LogP contribution is -2.54. The maximum Gasteiger partial charge on any atom is 0.230 e. The van der Waals surface area contributed by atoms with Crippen molar-refractivity contribution >= 4 is 69.9 Å². The van der Waals surface area contributed by atoms with Crippen LogP contribution in [0, 0.1) is 10.8 Å². The van der Waals surface area contributed by atoms with Crippen molar-refractivity contribution in [2.75, 3.05) is 0 Å². The Hall–Kier alpha value is -0.340. The minimum atomic E-state index is -0.611. The summed E-state index contributed by atoms with van der Waals surface area (Å²) in [6, 6.07) is -1.10. The highest BCUT2D eigenvalue weighted by Gasteiger charge is 2.37. The van der Waals surface area contributed by atoms with Crippen LogP contribution in [-0.4, -0.2) is 47.2 Å². The zero-order valence-electron chi connectivity index (χ0n) is 21.1. The predicted octanol–water partition coefficient (Wildman–Crippen LogP) is 4.75. The molecule has 2 unspecified atom stereocenters. The van der Waals surface area contributed by atoms with Crippen molar-refractivity contribution in [1.29, 1.82) is 0 Å². The van der Waals surface area contributed by atoms with Crippen LogP contribution in [0.3, 0.4) is 0 Å². The van der Waals surface area contributed by atoms with Crippen LogP contribution >= 0.6 is 45.9 Å². The molecule has 0 bridgehead atoms. The second-order valence-electron chi connectivity index (χ2n) is 11.4. The van der Waals surface area contributed by atoms with Gasteiger partial charge in [0.2, 0.25) is 23.0 Å². The smallest absolute Gasteiger partial charge is 0.230 e. The SMILES string of the molecule is CC(C)(C)NC(C=NOI)C(=O)C(C)(C)CCC(C)(C)NC(/C=N/NI)C(=O)C(C)(C)C. The Kier molecular flexibility index (Phi) is 12.8. The molecule has 0 saturated heterocycles. The first-order chi connectivity index (χ1) is 14.4. The van der Waals surface area contributed by atoms with Crippen LogP contribution in [0.4, 0.5) is 0 Å². The lowest BCUT2D eigenvalue weighted by molar-refractivity contribution is -0.129. The van der Waals surface area contributed by atoms with Crippen molar-refractivity contribution in [2.24, 2.45) is 21.1 Å². The number of hydrogen-bond donors (Lipinski definition) is 3. The Bertz CT molecular complexity index is 680. The van der Waals surface area contributed by atoms with E-state index in [1.54, 1.807) is 29.2 Å². The van der Waals surface area contributed by atoms with Crippen LogP contribution < -0.4 is 14.3 Å². The highest BCUT2D eigenvalue weighted by atomic mass is 127. The maximum absolute atomic E-state index is 13.4. The number of nitrogens with one attached hydrogen (secondary N) is 3. The molecular weight excluding hydrogens is 636 g/mol. The van der Waals surface area contributed by atoms with Gasteiger partial charge in [-0.3, -0.25) is 20.2 Å². The van der Waals surface area contributed by atoms with E-state index in [1.807, 2.05) is 92.1 Å². The van der Waals surface area contributed by atoms with Crippen LogP contribution in [-0.2, 0) is 12.8 Å². The molecule has 3 N–H and O–H groups in total. The van der Waals surface area contributed by atoms with E-state index in [-0.39, 0.29) is 17.1 Å². The molecule has 0 heterocycles. The molecule has 0 aliphatic heterocycles. The summed E-state index contributed by atoms with van der Waals surface area (Å²) in [5, 5.41) is 14.6. The van der Waals surface area contributed by atoms with E-state index < -0.39 is 28.5 Å². The predicted molar refractivity (Wildman–Crippen MR) is 149 cm³/mol. The Morgan fingerprint density at radius 3 is 1.84 bits per heavy atom. The molecule has 0 aromatic heterocycles. The van der Waals surface area contributed by atoms with Gasteiger partial charge in [0, 0.05) is 28.1 Å². The van der Waals surface area contributed by atoms with Gasteiger partial charge in [0.15, 0.2) is 11.6 Å². The fraction of sp³-hybridized carbons (Fsp3) is 0.818. The molecular formula is C22H41I2N5O3. The van der Waals surface area contributed by atoms with Gasteiger partial charge in [0.05, 0.1) is 29.1 Å². The van der Waals surface area contributed by atoms with Crippen LogP contribution in [0.15, 0.2) is 10.3 Å². The zero-order valence-corrected chi connectivity index (χ0v) is 25.4. The molecule has 0 rings (SSSR count). The fourth-order valence-electron chi connectivity index (χ4n) is 3.12. The summed E-state index contributed by atoms with van der Waals surface area (Å²) in [6.07, 6.45) is 4.43. The number of hydrazone groups is 1. The van der Waals surface area contributed by atoms with Gasteiger partial charge in [0.1, 0.15) is 12.1 Å². The average molecular weight is 677 g/mol. The number of ketones is 2. The van der Waals surface area contributed by atoms with Gasteiger partial charge >= 0.3 is 0 Å². The van der Waals surface area contributed by atoms with Crippen molar-refractivity contribution in [3.8, 4) is 0 Å². The first-order valence-electron chi connectivity index (χ1n) is 10.7. The van der Waals surface area contributed by atoms with Crippen molar-refractivity contribution in [3.63, 3.8) is 0 Å². The summed E-state index contributed by atoms with van der Waals surface area (Å²) in [5.41, 5.74) is -1.78. The van der Waals surface area contributed by atoms with Crippen molar-refractivity contribution in [1.82, 2.24) is 14.3 Å². The maximum atomic E-state index is 13.4. The molecule has 0 fully saturated rings. The number of carbonyl (C=O) groups excluding carboxylic acids is 2. The van der Waals surface area contributed by atoms with Gasteiger partial charge in [-0.05, 0) is 47.5 Å². The van der Waals surface area contributed by atoms with E-state index in [9.17, 15) is 9.59 Å². The third-order valence-corrected chi connectivity index (χ3v) is 5.51. The van der Waals surface area contributed by atoms with Crippen molar-refractivity contribution < 1.29 is 12.8 Å². The van der Waals surface area contributed by atoms with Gasteiger partial charge in [-0.1, -0.05) is 39.8 Å². The summed E-state index contributed by atoms with van der Waals surface area (Å²) in [6.45, 7) is 19.7. The molecule has 0 spiro atoms. The molecule has 0 aromatic carbocycles. The summed E-state index contributed by atoms with van der Waals surface area (Å²) in [7, 11) is 0. The van der Waals surface area contributed by atoms with Gasteiger partial charge in [-0.15, -0.1) is 0 Å². The highest BCUT2D eigenvalue weighted by molar-refractivity contribution is 14.1. The number of halogens is 2. The number of oxime groups is 1. The van der Waals surface area contributed by atoms with Crippen LogP contribution in [0.2, 0.25) is 0 Å². The van der Waals surface area contributed by atoms with Crippen LogP contribution in [0.1, 0.15) is 82.1 Å². The van der Waals surface area contributed by atoms with Crippen molar-refractivity contribution in [3.05, 3.63) is 0 Å². The van der Waals surface area contributed by atoms with E-state index in [1.165, 1.54) is 6.21 Å². The molecule has 2 atom stereocenters. The number of hydrogen-bond acceptors (Lipinski definition) is 8. The molecule has 0 aromatic rings. The molecule has 10 heteroatoms. The van der Waals surface area contributed by atoms with Crippen molar-refractivity contribution in [2.45, 2.75) is 105 Å². The Balaban J connectivity index is 5.46. The van der Waals surface area contributed by atoms with E-state index in [4.69, 9.17) is 3.17 Å². The second kappa shape index (κ2) is 12.9. The molecule has 186 valence electrons. The first-order valence-corrected chi connectivity index (χ1v) is 12.7. The first kappa shape index (κ1) is 31.7. The summed E-state index contributed by atoms with van der Waals surface area (Å²) in [5.74, 6) is 0.0965. The summed E-state index contributed by atoms with van der Waals surface area (Å²) >= 11 is 3.58. The topological polar surface area (TPSA) is 104 Å². The monoisotopic (exact) mass is 677 g/mol. The minimum Gasteiger partial charge on any atom is -0.327 e. The van der Waals surface area contributed by atoms with Crippen LogP contribution in [0.5, 0.6) is 0 Å². The standard InChI is InChI=1S/C22H41I2N5O3/c1-19(2,3)17(30)15(13-25-29-23)28-22(9,10)12-11-21(7,8)18(31)16(14-26-32-24)27-20(4,5)6/h13-16,27-29H,11-12H2,1-10H3/b25-13+,26-14?. The van der Waals surface area contributed by atoms with Gasteiger partial charge in [0.25, 0.3) is 0 Å². The number of Topliss-reactive ketones (excluding diaryl/α,β-unsaturated/α-hetero) is 2. The lowest BCUT2D eigenvalue weighted by atomic mass is 9.76. The minimum absolute atomic E-state index is 0.0402. The summed E-state index contributed by atoms with van der Waals surface area (Å²) < 4.78 is 7.46. The lowest BCUT2D eigenvalue weighted by Gasteiger charge is -2.36. The fourth-order valence-corrected chi connectivity index (χ4v) is 3.42. The van der Waals surface area contributed by atoms with E-state index in [2.05, 4.69) is 24.5 Å². The van der Waals surface area contributed by atoms with E-state index >= 15 is 0 Å². The number of rotatable bonds is 13. The van der Waals surface area contributed by atoms with Gasteiger partial charge in [-0.25, -0.2) is 3.64 Å². The third-order valence-electron chi connectivity index (χ3n) is 5.00. The quantitative estimate of drug-likeness (QED) is 0.113.